The van der Waals surface area contributed by atoms with Crippen molar-refractivity contribution in [1.29, 1.82) is 0 Å². The maximum atomic E-state index is 12.0. The predicted octanol–water partition coefficient (Wildman–Crippen LogP) is 2.50. The van der Waals surface area contributed by atoms with Crippen molar-refractivity contribution in [1.82, 2.24) is 10.2 Å². The lowest BCUT2D eigenvalue weighted by Gasteiger charge is -2.29. The van der Waals surface area contributed by atoms with Gasteiger partial charge in [0, 0.05) is 11.7 Å². The largest absolute Gasteiger partial charge is 0.435 e. The minimum atomic E-state index is -2.85. The molecule has 7 heteroatoms. The number of halogens is 2. The molecule has 2 amide bonds. The number of alkyl halides is 2. The highest BCUT2D eigenvalue weighted by atomic mass is 19.3. The molecule has 0 unspecified atom stereocenters. The second kappa shape index (κ2) is 7.21. The van der Waals surface area contributed by atoms with Crippen LogP contribution in [0.25, 0.3) is 0 Å². The summed E-state index contributed by atoms with van der Waals surface area (Å²) < 4.78 is 28.3. The van der Waals surface area contributed by atoms with Crippen molar-refractivity contribution in [3.8, 4) is 5.75 Å². The third-order valence-electron chi connectivity index (χ3n) is 3.39. The van der Waals surface area contributed by atoms with E-state index in [-0.39, 0.29) is 17.8 Å². The van der Waals surface area contributed by atoms with Gasteiger partial charge >= 0.3 is 12.6 Å². The lowest BCUT2D eigenvalue weighted by Crippen LogP contribution is -2.44. The van der Waals surface area contributed by atoms with Crippen molar-refractivity contribution in [2.45, 2.75) is 25.5 Å². The summed E-state index contributed by atoms with van der Waals surface area (Å²) in [6, 6.07) is 5.70. The number of piperidine rings is 1. The third-order valence-corrected chi connectivity index (χ3v) is 3.39. The Morgan fingerprint density at radius 2 is 1.90 bits per heavy atom. The fourth-order valence-corrected chi connectivity index (χ4v) is 2.23. The zero-order chi connectivity index (χ0) is 15.2. The van der Waals surface area contributed by atoms with Crippen LogP contribution in [-0.4, -0.2) is 43.7 Å². The SMILES string of the molecule is CN1CCC(NC(=O)Nc2ccc(OC(F)F)cc2)CC1. The summed E-state index contributed by atoms with van der Waals surface area (Å²) in [5.74, 6) is 0.0614. The van der Waals surface area contributed by atoms with Crippen molar-refractivity contribution in [2.24, 2.45) is 0 Å². The van der Waals surface area contributed by atoms with E-state index in [4.69, 9.17) is 0 Å². The number of likely N-dealkylation sites (tertiary alicyclic amines) is 1. The summed E-state index contributed by atoms with van der Waals surface area (Å²) in [7, 11) is 2.05. The monoisotopic (exact) mass is 299 g/mol. The fourth-order valence-electron chi connectivity index (χ4n) is 2.23. The van der Waals surface area contributed by atoms with E-state index in [9.17, 15) is 13.6 Å². The van der Waals surface area contributed by atoms with E-state index in [1.165, 1.54) is 24.3 Å². The van der Waals surface area contributed by atoms with Gasteiger partial charge in [-0.15, -0.1) is 0 Å². The summed E-state index contributed by atoms with van der Waals surface area (Å²) in [5, 5.41) is 5.58. The van der Waals surface area contributed by atoms with Crippen LogP contribution in [-0.2, 0) is 0 Å². The number of nitrogens with zero attached hydrogens (tertiary/aromatic N) is 1. The van der Waals surface area contributed by atoms with Crippen molar-refractivity contribution in [2.75, 3.05) is 25.5 Å². The summed E-state index contributed by atoms with van der Waals surface area (Å²) in [4.78, 5) is 14.1. The molecular formula is C14H19F2N3O2. The molecule has 0 aliphatic carbocycles. The van der Waals surface area contributed by atoms with Gasteiger partial charge in [0.25, 0.3) is 0 Å². The summed E-state index contributed by atoms with van der Waals surface area (Å²) >= 11 is 0. The van der Waals surface area contributed by atoms with Gasteiger partial charge in [0.05, 0.1) is 0 Å². The Bertz CT molecular complexity index is 460. The van der Waals surface area contributed by atoms with Crippen LogP contribution in [0.3, 0.4) is 0 Å². The molecule has 2 rings (SSSR count). The smallest absolute Gasteiger partial charge is 0.387 e. The van der Waals surface area contributed by atoms with Crippen LogP contribution in [0, 0.1) is 0 Å². The van der Waals surface area contributed by atoms with Gasteiger partial charge in [0.2, 0.25) is 0 Å². The highest BCUT2D eigenvalue weighted by molar-refractivity contribution is 5.89. The van der Waals surface area contributed by atoms with Gasteiger partial charge in [-0.3, -0.25) is 0 Å². The third kappa shape index (κ3) is 5.18. The molecule has 1 fully saturated rings. The van der Waals surface area contributed by atoms with Crippen molar-refractivity contribution in [3.05, 3.63) is 24.3 Å². The molecule has 116 valence electrons. The van der Waals surface area contributed by atoms with E-state index in [1.54, 1.807) is 0 Å². The Balaban J connectivity index is 1.79. The van der Waals surface area contributed by atoms with Gasteiger partial charge in [-0.05, 0) is 57.2 Å². The first-order chi connectivity index (χ1) is 10.0. The number of rotatable bonds is 4. The van der Waals surface area contributed by atoms with E-state index in [0.717, 1.165) is 25.9 Å². The number of nitrogens with one attached hydrogen (secondary N) is 2. The first kappa shape index (κ1) is 15.5. The maximum Gasteiger partial charge on any atom is 0.387 e. The van der Waals surface area contributed by atoms with Crippen LogP contribution in [0.1, 0.15) is 12.8 Å². The molecule has 0 radical (unpaired) electrons. The quantitative estimate of drug-likeness (QED) is 0.898. The average molecular weight is 299 g/mol. The van der Waals surface area contributed by atoms with Gasteiger partial charge in [0.1, 0.15) is 5.75 Å². The molecule has 0 spiro atoms. The Kier molecular flexibility index (Phi) is 5.32. The average Bonchev–Trinajstić information content (AvgIpc) is 2.43. The van der Waals surface area contributed by atoms with Crippen LogP contribution in [0.4, 0.5) is 19.3 Å². The molecule has 1 aliphatic rings. The number of anilines is 1. The topological polar surface area (TPSA) is 53.6 Å². The molecule has 21 heavy (non-hydrogen) atoms. The van der Waals surface area contributed by atoms with Crippen LogP contribution >= 0.6 is 0 Å². The van der Waals surface area contributed by atoms with E-state index in [0.29, 0.717) is 5.69 Å². The summed E-state index contributed by atoms with van der Waals surface area (Å²) in [5.41, 5.74) is 0.530. The van der Waals surface area contributed by atoms with Gasteiger partial charge in [-0.25, -0.2) is 4.79 Å². The number of amides is 2. The van der Waals surface area contributed by atoms with E-state index in [1.807, 2.05) is 0 Å². The highest BCUT2D eigenvalue weighted by Gasteiger charge is 2.18. The van der Waals surface area contributed by atoms with Crippen LogP contribution in [0.5, 0.6) is 5.75 Å². The van der Waals surface area contributed by atoms with Gasteiger partial charge in [-0.1, -0.05) is 0 Å². The molecule has 1 aromatic rings. The molecule has 2 N–H and O–H groups in total. The molecule has 5 nitrogen and oxygen atoms in total. The number of carbonyl (C=O) groups excluding carboxylic acids is 1. The van der Waals surface area contributed by atoms with Crippen molar-refractivity contribution in [3.63, 3.8) is 0 Å². The van der Waals surface area contributed by atoms with E-state index in [2.05, 4.69) is 27.3 Å². The lowest BCUT2D eigenvalue weighted by molar-refractivity contribution is -0.0498. The van der Waals surface area contributed by atoms with Gasteiger partial charge in [0.15, 0.2) is 0 Å². The maximum absolute atomic E-state index is 12.0. The van der Waals surface area contributed by atoms with E-state index < -0.39 is 6.61 Å². The van der Waals surface area contributed by atoms with Crippen LogP contribution in [0.15, 0.2) is 24.3 Å². The Morgan fingerprint density at radius 1 is 1.29 bits per heavy atom. The molecule has 1 heterocycles. The van der Waals surface area contributed by atoms with Crippen LogP contribution < -0.4 is 15.4 Å². The number of hydrogen-bond acceptors (Lipinski definition) is 3. The molecule has 1 aromatic carbocycles. The predicted molar refractivity (Wildman–Crippen MR) is 75.7 cm³/mol. The Morgan fingerprint density at radius 3 is 2.48 bits per heavy atom. The zero-order valence-corrected chi connectivity index (χ0v) is 11.8. The second-order valence-electron chi connectivity index (χ2n) is 5.08. The first-order valence-corrected chi connectivity index (χ1v) is 6.84. The zero-order valence-electron chi connectivity index (χ0n) is 11.8. The van der Waals surface area contributed by atoms with Gasteiger partial charge in [-0.2, -0.15) is 8.78 Å². The summed E-state index contributed by atoms with van der Waals surface area (Å²) in [6.07, 6.45) is 1.84. The molecule has 0 aromatic heterocycles. The lowest BCUT2D eigenvalue weighted by atomic mass is 10.1. The number of carbonyl (C=O) groups is 1. The summed E-state index contributed by atoms with van der Waals surface area (Å²) in [6.45, 7) is -0.925. The molecule has 1 aliphatic heterocycles. The first-order valence-electron chi connectivity index (χ1n) is 6.84. The normalized spacial score (nSPS) is 16.8. The molecule has 0 saturated carbocycles. The number of ether oxygens (including phenoxy) is 1. The Hall–Kier alpha value is -1.89. The molecular weight excluding hydrogens is 280 g/mol. The van der Waals surface area contributed by atoms with Crippen LogP contribution in [0.2, 0.25) is 0 Å². The fraction of sp³-hybridized carbons (Fsp3) is 0.500. The highest BCUT2D eigenvalue weighted by Crippen LogP contribution is 2.17. The molecule has 1 saturated heterocycles. The Labute approximate surface area is 122 Å². The second-order valence-corrected chi connectivity index (χ2v) is 5.08. The minimum absolute atomic E-state index is 0.0614. The van der Waals surface area contributed by atoms with Crippen molar-refractivity contribution < 1.29 is 18.3 Å². The number of benzene rings is 1. The van der Waals surface area contributed by atoms with Gasteiger partial charge < -0.3 is 20.3 Å². The number of hydrogen-bond donors (Lipinski definition) is 2. The molecule has 0 bridgehead atoms. The standard InChI is InChI=1S/C14H19F2N3O2/c1-19-8-6-11(7-9-19)18-14(20)17-10-2-4-12(5-3-10)21-13(15)16/h2-5,11,13H,6-9H2,1H3,(H2,17,18,20). The minimum Gasteiger partial charge on any atom is -0.435 e. The van der Waals surface area contributed by atoms with Crippen molar-refractivity contribution >= 4 is 11.7 Å². The van der Waals surface area contributed by atoms with E-state index >= 15 is 0 Å². The molecule has 0 atom stereocenters. The number of urea groups is 1.